The molecule has 0 atom stereocenters. The quantitative estimate of drug-likeness (QED) is 0.474. The average Bonchev–Trinajstić information content (AvgIpc) is 2.84. The number of rotatable bonds is 4. The lowest BCUT2D eigenvalue weighted by Crippen LogP contribution is -2.08. The van der Waals surface area contributed by atoms with Gasteiger partial charge in [-0.25, -0.2) is 8.78 Å². The normalized spacial score (nSPS) is 11.1. The standard InChI is InChI=1S/C12H11BrF2N4O2/c1-6(2)18-11(5-13)16-17-12(18)7-3-8(14)9(15)4-10(7)19(20)21/h3-4,6H,5H2,1-2H3. The molecule has 1 aromatic heterocycles. The number of nitrogens with zero attached hydrogens (tertiary/aromatic N) is 4. The molecule has 1 aromatic carbocycles. The third-order valence-electron chi connectivity index (χ3n) is 2.88. The van der Waals surface area contributed by atoms with Gasteiger partial charge in [0.1, 0.15) is 11.4 Å². The summed E-state index contributed by atoms with van der Waals surface area (Å²) in [6, 6.07) is 1.22. The van der Waals surface area contributed by atoms with E-state index in [2.05, 4.69) is 26.1 Å². The molecular weight excluding hydrogens is 350 g/mol. The highest BCUT2D eigenvalue weighted by Crippen LogP contribution is 2.32. The Kier molecular flexibility index (Phi) is 4.31. The van der Waals surface area contributed by atoms with Gasteiger partial charge in [0.15, 0.2) is 17.5 Å². The van der Waals surface area contributed by atoms with Crippen molar-refractivity contribution in [1.29, 1.82) is 0 Å². The van der Waals surface area contributed by atoms with Crippen molar-refractivity contribution in [3.8, 4) is 11.4 Å². The Morgan fingerprint density at radius 1 is 1.33 bits per heavy atom. The van der Waals surface area contributed by atoms with Crippen molar-refractivity contribution in [3.05, 3.63) is 39.7 Å². The molecule has 0 aliphatic heterocycles. The lowest BCUT2D eigenvalue weighted by atomic mass is 10.1. The molecule has 112 valence electrons. The van der Waals surface area contributed by atoms with Crippen LogP contribution >= 0.6 is 15.9 Å². The number of halogens is 3. The Bertz CT molecular complexity index is 703. The second-order valence-electron chi connectivity index (χ2n) is 4.58. The fourth-order valence-corrected chi connectivity index (χ4v) is 2.39. The van der Waals surface area contributed by atoms with E-state index in [0.29, 0.717) is 17.2 Å². The second kappa shape index (κ2) is 5.84. The van der Waals surface area contributed by atoms with Crippen LogP contribution in [0.15, 0.2) is 12.1 Å². The Hall–Kier alpha value is -1.90. The molecule has 6 nitrogen and oxygen atoms in total. The van der Waals surface area contributed by atoms with E-state index in [0.717, 1.165) is 6.07 Å². The maximum absolute atomic E-state index is 13.5. The second-order valence-corrected chi connectivity index (χ2v) is 5.14. The third kappa shape index (κ3) is 2.78. The molecule has 2 rings (SSSR count). The Labute approximate surface area is 127 Å². The molecule has 2 aromatic rings. The molecule has 0 N–H and O–H groups in total. The summed E-state index contributed by atoms with van der Waals surface area (Å²) in [5.74, 6) is -1.78. The van der Waals surface area contributed by atoms with E-state index in [1.165, 1.54) is 0 Å². The fraction of sp³-hybridized carbons (Fsp3) is 0.333. The summed E-state index contributed by atoms with van der Waals surface area (Å²) in [4.78, 5) is 10.3. The van der Waals surface area contributed by atoms with Crippen LogP contribution in [0.4, 0.5) is 14.5 Å². The van der Waals surface area contributed by atoms with Gasteiger partial charge in [0, 0.05) is 6.04 Å². The highest BCUT2D eigenvalue weighted by atomic mass is 79.9. The first-order chi connectivity index (χ1) is 9.86. The number of benzene rings is 1. The first kappa shape index (κ1) is 15.5. The Balaban J connectivity index is 2.75. The van der Waals surface area contributed by atoms with E-state index in [1.807, 2.05) is 13.8 Å². The Morgan fingerprint density at radius 2 is 1.95 bits per heavy atom. The molecule has 0 spiro atoms. The SMILES string of the molecule is CC(C)n1c(CBr)nnc1-c1cc(F)c(F)cc1[N+](=O)[O-]. The van der Waals surface area contributed by atoms with Crippen molar-refractivity contribution < 1.29 is 13.7 Å². The zero-order valence-corrected chi connectivity index (χ0v) is 12.8. The molecule has 0 aliphatic rings. The molecule has 0 saturated carbocycles. The van der Waals surface area contributed by atoms with Gasteiger partial charge in [-0.1, -0.05) is 15.9 Å². The van der Waals surface area contributed by atoms with Crippen molar-refractivity contribution in [2.45, 2.75) is 25.2 Å². The molecule has 0 aliphatic carbocycles. The summed E-state index contributed by atoms with van der Waals surface area (Å²) >= 11 is 3.24. The third-order valence-corrected chi connectivity index (χ3v) is 3.38. The summed E-state index contributed by atoms with van der Waals surface area (Å²) in [6.45, 7) is 3.68. The van der Waals surface area contributed by atoms with Crippen molar-refractivity contribution in [2.24, 2.45) is 0 Å². The first-order valence-electron chi connectivity index (χ1n) is 6.00. The Morgan fingerprint density at radius 3 is 2.48 bits per heavy atom. The van der Waals surface area contributed by atoms with Crippen LogP contribution in [-0.4, -0.2) is 19.7 Å². The van der Waals surface area contributed by atoms with Gasteiger partial charge < -0.3 is 4.57 Å². The van der Waals surface area contributed by atoms with E-state index < -0.39 is 22.2 Å². The van der Waals surface area contributed by atoms with Crippen molar-refractivity contribution in [3.63, 3.8) is 0 Å². The van der Waals surface area contributed by atoms with Gasteiger partial charge >= 0.3 is 0 Å². The predicted molar refractivity (Wildman–Crippen MR) is 75.0 cm³/mol. The van der Waals surface area contributed by atoms with Crippen LogP contribution in [0.2, 0.25) is 0 Å². The fourth-order valence-electron chi connectivity index (χ4n) is 2.01. The summed E-state index contributed by atoms with van der Waals surface area (Å²) < 4.78 is 28.3. The topological polar surface area (TPSA) is 73.8 Å². The first-order valence-corrected chi connectivity index (χ1v) is 7.12. The predicted octanol–water partition coefficient (Wildman–Crippen LogP) is 3.61. The monoisotopic (exact) mass is 360 g/mol. The van der Waals surface area contributed by atoms with Crippen molar-refractivity contribution in [2.75, 3.05) is 0 Å². The summed E-state index contributed by atoms with van der Waals surface area (Å²) in [5.41, 5.74) is -0.656. The lowest BCUT2D eigenvalue weighted by Gasteiger charge is -2.13. The minimum absolute atomic E-state index is 0.102. The summed E-state index contributed by atoms with van der Waals surface area (Å²) in [5, 5.41) is 19.2. The summed E-state index contributed by atoms with van der Waals surface area (Å²) in [7, 11) is 0. The van der Waals surface area contributed by atoms with E-state index in [9.17, 15) is 18.9 Å². The zero-order valence-electron chi connectivity index (χ0n) is 11.2. The minimum Gasteiger partial charge on any atom is -0.308 e. The van der Waals surface area contributed by atoms with Gasteiger partial charge in [0.25, 0.3) is 5.69 Å². The highest BCUT2D eigenvalue weighted by molar-refractivity contribution is 9.08. The molecule has 1 heterocycles. The number of alkyl halides is 1. The number of nitro benzene ring substituents is 1. The molecule has 0 fully saturated rings. The van der Waals surface area contributed by atoms with Gasteiger partial charge in [-0.2, -0.15) is 0 Å². The summed E-state index contributed by atoms with van der Waals surface area (Å²) in [6.07, 6.45) is 0. The largest absolute Gasteiger partial charge is 0.308 e. The molecule has 0 radical (unpaired) electrons. The molecule has 21 heavy (non-hydrogen) atoms. The van der Waals surface area contributed by atoms with Crippen LogP contribution in [0, 0.1) is 21.7 Å². The number of nitro groups is 1. The van der Waals surface area contributed by atoms with Crippen LogP contribution in [-0.2, 0) is 5.33 Å². The van der Waals surface area contributed by atoms with Gasteiger partial charge in [-0.3, -0.25) is 10.1 Å². The van der Waals surface area contributed by atoms with Crippen LogP contribution < -0.4 is 0 Å². The van der Waals surface area contributed by atoms with Crippen molar-refractivity contribution >= 4 is 21.6 Å². The van der Waals surface area contributed by atoms with E-state index >= 15 is 0 Å². The van der Waals surface area contributed by atoms with E-state index in [1.54, 1.807) is 4.57 Å². The molecule has 0 saturated heterocycles. The zero-order chi connectivity index (χ0) is 15.7. The molecule has 0 unspecified atom stereocenters. The lowest BCUT2D eigenvalue weighted by molar-refractivity contribution is -0.384. The molecular formula is C12H11BrF2N4O2. The van der Waals surface area contributed by atoms with Gasteiger partial charge in [-0.15, -0.1) is 10.2 Å². The molecule has 0 bridgehead atoms. The van der Waals surface area contributed by atoms with Crippen LogP contribution in [0.5, 0.6) is 0 Å². The van der Waals surface area contributed by atoms with Crippen molar-refractivity contribution in [1.82, 2.24) is 14.8 Å². The van der Waals surface area contributed by atoms with Crippen LogP contribution in [0.3, 0.4) is 0 Å². The molecule has 9 heteroatoms. The van der Waals surface area contributed by atoms with E-state index in [-0.39, 0.29) is 17.4 Å². The van der Waals surface area contributed by atoms with Gasteiger partial charge in [-0.05, 0) is 19.9 Å². The van der Waals surface area contributed by atoms with Gasteiger partial charge in [0.05, 0.1) is 16.3 Å². The smallest absolute Gasteiger partial charge is 0.283 e. The number of aromatic nitrogens is 3. The maximum atomic E-state index is 13.5. The number of hydrogen-bond acceptors (Lipinski definition) is 4. The minimum atomic E-state index is -1.28. The van der Waals surface area contributed by atoms with Crippen LogP contribution in [0.1, 0.15) is 25.7 Å². The van der Waals surface area contributed by atoms with E-state index in [4.69, 9.17) is 0 Å². The highest BCUT2D eigenvalue weighted by Gasteiger charge is 2.25. The number of hydrogen-bond donors (Lipinski definition) is 0. The average molecular weight is 361 g/mol. The van der Waals surface area contributed by atoms with Gasteiger partial charge in [0.2, 0.25) is 0 Å². The maximum Gasteiger partial charge on any atom is 0.283 e. The van der Waals surface area contributed by atoms with Crippen LogP contribution in [0.25, 0.3) is 11.4 Å². The molecule has 0 amide bonds.